The molecule has 17 heavy (non-hydrogen) atoms. The van der Waals surface area contributed by atoms with Gasteiger partial charge in [0.2, 0.25) is 0 Å². The largest absolute Gasteiger partial charge is 0.401 e. The van der Waals surface area contributed by atoms with Crippen molar-refractivity contribution in [3.63, 3.8) is 0 Å². The second kappa shape index (κ2) is 5.57. The summed E-state index contributed by atoms with van der Waals surface area (Å²) in [7, 11) is 0. The molecule has 1 saturated carbocycles. The van der Waals surface area contributed by atoms with Gasteiger partial charge < -0.3 is 5.11 Å². The number of rotatable bonds is 4. The lowest BCUT2D eigenvalue weighted by Crippen LogP contribution is -2.49. The molecule has 0 aromatic heterocycles. The molecule has 0 unspecified atom stereocenters. The zero-order valence-electron chi connectivity index (χ0n) is 10.6. The number of halogens is 3. The molecule has 102 valence electrons. The molecule has 0 atom stereocenters. The van der Waals surface area contributed by atoms with Crippen molar-refractivity contribution in [2.75, 3.05) is 13.1 Å². The van der Waals surface area contributed by atoms with E-state index in [-0.39, 0.29) is 12.6 Å². The predicted molar refractivity (Wildman–Crippen MR) is 60.8 cm³/mol. The molecule has 0 saturated heterocycles. The van der Waals surface area contributed by atoms with Crippen molar-refractivity contribution in [3.05, 3.63) is 0 Å². The normalized spacial score (nSPS) is 21.2. The van der Waals surface area contributed by atoms with Crippen LogP contribution in [0.1, 0.15) is 46.0 Å². The first-order valence-corrected chi connectivity index (χ1v) is 6.25. The minimum absolute atomic E-state index is 0.129. The van der Waals surface area contributed by atoms with E-state index in [1.807, 2.05) is 0 Å². The van der Waals surface area contributed by atoms with Crippen LogP contribution in [0.25, 0.3) is 0 Å². The first-order chi connectivity index (χ1) is 7.72. The van der Waals surface area contributed by atoms with E-state index < -0.39 is 18.3 Å². The van der Waals surface area contributed by atoms with Crippen LogP contribution in [0.5, 0.6) is 0 Å². The second-order valence-electron chi connectivity index (χ2n) is 5.40. The third-order valence-electron chi connectivity index (χ3n) is 3.39. The van der Waals surface area contributed by atoms with Crippen LogP contribution >= 0.6 is 0 Å². The van der Waals surface area contributed by atoms with Crippen LogP contribution in [0.15, 0.2) is 0 Å². The van der Waals surface area contributed by atoms with Crippen molar-refractivity contribution in [1.82, 2.24) is 4.90 Å². The maximum atomic E-state index is 12.4. The molecule has 1 aliphatic carbocycles. The first kappa shape index (κ1) is 14.8. The third kappa shape index (κ3) is 5.25. The Morgan fingerprint density at radius 3 is 2.12 bits per heavy atom. The fraction of sp³-hybridized carbons (Fsp3) is 1.00. The predicted octanol–water partition coefficient (Wildman–Crippen LogP) is 2.95. The average molecular weight is 253 g/mol. The molecule has 1 rings (SSSR count). The molecule has 0 spiro atoms. The van der Waals surface area contributed by atoms with Gasteiger partial charge in [-0.15, -0.1) is 0 Å². The topological polar surface area (TPSA) is 23.5 Å². The minimum atomic E-state index is -4.20. The van der Waals surface area contributed by atoms with Gasteiger partial charge in [-0.3, -0.25) is 4.90 Å². The molecule has 5 heteroatoms. The van der Waals surface area contributed by atoms with Gasteiger partial charge in [0, 0.05) is 12.6 Å². The zero-order chi connectivity index (χ0) is 13.1. The average Bonchev–Trinajstić information content (AvgIpc) is 2.15. The highest BCUT2D eigenvalue weighted by Crippen LogP contribution is 2.30. The van der Waals surface area contributed by atoms with Gasteiger partial charge in [0.15, 0.2) is 0 Å². The Kier molecular flexibility index (Phi) is 4.84. The van der Waals surface area contributed by atoms with Crippen LogP contribution in [0.3, 0.4) is 0 Å². The SMILES string of the molecule is CC(C)N(CC(F)(F)F)CC1(O)CCCCC1. The van der Waals surface area contributed by atoms with E-state index in [1.165, 1.54) is 4.90 Å². The highest BCUT2D eigenvalue weighted by Gasteiger charge is 2.37. The highest BCUT2D eigenvalue weighted by molar-refractivity contribution is 4.87. The molecular formula is C12H22F3NO. The van der Waals surface area contributed by atoms with Gasteiger partial charge in [-0.2, -0.15) is 13.2 Å². The Morgan fingerprint density at radius 1 is 1.18 bits per heavy atom. The molecule has 0 radical (unpaired) electrons. The van der Waals surface area contributed by atoms with E-state index in [1.54, 1.807) is 13.8 Å². The fourth-order valence-electron chi connectivity index (χ4n) is 2.40. The highest BCUT2D eigenvalue weighted by atomic mass is 19.4. The lowest BCUT2D eigenvalue weighted by molar-refractivity contribution is -0.158. The molecular weight excluding hydrogens is 231 g/mol. The Labute approximate surface area is 101 Å². The van der Waals surface area contributed by atoms with Gasteiger partial charge in [0.1, 0.15) is 0 Å². The van der Waals surface area contributed by atoms with Crippen LogP contribution in [0.4, 0.5) is 13.2 Å². The van der Waals surface area contributed by atoms with Gasteiger partial charge in [0.25, 0.3) is 0 Å². The zero-order valence-corrected chi connectivity index (χ0v) is 10.6. The number of hydrogen-bond donors (Lipinski definition) is 1. The second-order valence-corrected chi connectivity index (χ2v) is 5.40. The van der Waals surface area contributed by atoms with Crippen molar-refractivity contribution in [3.8, 4) is 0 Å². The summed E-state index contributed by atoms with van der Waals surface area (Å²) >= 11 is 0. The molecule has 0 aromatic rings. The number of nitrogens with zero attached hydrogens (tertiary/aromatic N) is 1. The Balaban J connectivity index is 2.59. The van der Waals surface area contributed by atoms with Crippen molar-refractivity contribution in [2.24, 2.45) is 0 Å². The summed E-state index contributed by atoms with van der Waals surface area (Å²) in [5, 5.41) is 10.3. The monoisotopic (exact) mass is 253 g/mol. The van der Waals surface area contributed by atoms with Gasteiger partial charge in [-0.05, 0) is 26.7 Å². The van der Waals surface area contributed by atoms with Crippen LogP contribution in [-0.4, -0.2) is 40.9 Å². The van der Waals surface area contributed by atoms with E-state index >= 15 is 0 Å². The molecule has 1 N–H and O–H groups in total. The summed E-state index contributed by atoms with van der Waals surface area (Å²) in [5.74, 6) is 0. The molecule has 0 aliphatic heterocycles. The lowest BCUT2D eigenvalue weighted by Gasteiger charge is -2.39. The third-order valence-corrected chi connectivity index (χ3v) is 3.39. The molecule has 1 aliphatic rings. The molecule has 0 aromatic carbocycles. The van der Waals surface area contributed by atoms with Crippen molar-refractivity contribution >= 4 is 0 Å². The van der Waals surface area contributed by atoms with Crippen LogP contribution in [0, 0.1) is 0 Å². The lowest BCUT2D eigenvalue weighted by atomic mass is 9.84. The summed E-state index contributed by atoms with van der Waals surface area (Å²) in [4.78, 5) is 1.32. The number of aliphatic hydroxyl groups is 1. The van der Waals surface area contributed by atoms with Gasteiger partial charge in [-0.1, -0.05) is 19.3 Å². The van der Waals surface area contributed by atoms with Crippen molar-refractivity contribution in [1.29, 1.82) is 0 Å². The number of hydrogen-bond acceptors (Lipinski definition) is 2. The molecule has 2 nitrogen and oxygen atoms in total. The quantitative estimate of drug-likeness (QED) is 0.832. The minimum Gasteiger partial charge on any atom is -0.389 e. The Morgan fingerprint density at radius 2 is 1.71 bits per heavy atom. The summed E-state index contributed by atoms with van der Waals surface area (Å²) < 4.78 is 37.3. The van der Waals surface area contributed by atoms with Crippen LogP contribution in [-0.2, 0) is 0 Å². The maximum absolute atomic E-state index is 12.4. The Bertz CT molecular complexity index is 234. The number of alkyl halides is 3. The van der Waals surface area contributed by atoms with E-state index in [2.05, 4.69) is 0 Å². The van der Waals surface area contributed by atoms with Crippen molar-refractivity contribution < 1.29 is 18.3 Å². The molecule has 0 bridgehead atoms. The van der Waals surface area contributed by atoms with Gasteiger partial charge in [0.05, 0.1) is 12.1 Å². The van der Waals surface area contributed by atoms with Gasteiger partial charge >= 0.3 is 6.18 Å². The van der Waals surface area contributed by atoms with E-state index in [4.69, 9.17) is 0 Å². The van der Waals surface area contributed by atoms with Crippen LogP contribution < -0.4 is 0 Å². The molecule has 1 fully saturated rings. The summed E-state index contributed by atoms with van der Waals surface area (Å²) in [5.41, 5.74) is -0.923. The standard InChI is InChI=1S/C12H22F3NO/c1-10(2)16(9-12(13,14)15)8-11(17)6-4-3-5-7-11/h10,17H,3-9H2,1-2H3. The molecule has 0 heterocycles. The van der Waals surface area contributed by atoms with Crippen molar-refractivity contribution in [2.45, 2.75) is 63.8 Å². The Hall–Kier alpha value is -0.290. The smallest absolute Gasteiger partial charge is 0.389 e. The fourth-order valence-corrected chi connectivity index (χ4v) is 2.40. The first-order valence-electron chi connectivity index (χ1n) is 6.25. The van der Waals surface area contributed by atoms with E-state index in [0.717, 1.165) is 19.3 Å². The van der Waals surface area contributed by atoms with Crippen LogP contribution in [0.2, 0.25) is 0 Å². The summed E-state index contributed by atoms with van der Waals surface area (Å²) in [6.07, 6.45) is -0.0659. The summed E-state index contributed by atoms with van der Waals surface area (Å²) in [6.45, 7) is 2.66. The molecule has 0 amide bonds. The summed E-state index contributed by atoms with van der Waals surface area (Å²) in [6, 6.07) is -0.206. The van der Waals surface area contributed by atoms with Gasteiger partial charge in [-0.25, -0.2) is 0 Å². The van der Waals surface area contributed by atoms with E-state index in [0.29, 0.717) is 12.8 Å². The van der Waals surface area contributed by atoms with E-state index in [9.17, 15) is 18.3 Å². The maximum Gasteiger partial charge on any atom is 0.401 e.